The van der Waals surface area contributed by atoms with Gasteiger partial charge < -0.3 is 0 Å². The lowest BCUT2D eigenvalue weighted by Crippen LogP contribution is -1.64. The smallest absolute Gasteiger partial charge is 0.0126 e. The molecule has 0 aromatic heterocycles. The third-order valence-corrected chi connectivity index (χ3v) is 1.21. The standard InChI is InChI=1S/C9H10/c1-2-4-6-8-9-7-5-3-1/h1-2,5-6H,7-9H2. The van der Waals surface area contributed by atoms with E-state index in [1.165, 1.54) is 6.42 Å². The highest BCUT2D eigenvalue weighted by Crippen LogP contribution is 1.97. The molecular weight excluding hydrogens is 108 g/mol. The van der Waals surface area contributed by atoms with Crippen molar-refractivity contribution in [3.05, 3.63) is 35.8 Å². The first-order chi connectivity index (χ1) is 4.50. The maximum absolute atomic E-state index is 3.04. The van der Waals surface area contributed by atoms with Crippen LogP contribution in [0.4, 0.5) is 0 Å². The van der Waals surface area contributed by atoms with E-state index in [-0.39, 0.29) is 0 Å². The van der Waals surface area contributed by atoms with E-state index in [0.29, 0.717) is 0 Å². The highest BCUT2D eigenvalue weighted by atomic mass is 13.8. The van der Waals surface area contributed by atoms with Crippen LogP contribution in [0.2, 0.25) is 0 Å². The van der Waals surface area contributed by atoms with Crippen molar-refractivity contribution in [2.24, 2.45) is 0 Å². The van der Waals surface area contributed by atoms with Crippen molar-refractivity contribution in [1.82, 2.24) is 0 Å². The van der Waals surface area contributed by atoms with Crippen LogP contribution in [-0.2, 0) is 0 Å². The van der Waals surface area contributed by atoms with Gasteiger partial charge in [-0.25, -0.2) is 0 Å². The fourth-order valence-electron chi connectivity index (χ4n) is 0.721. The first-order valence-corrected chi connectivity index (χ1v) is 3.30. The summed E-state index contributed by atoms with van der Waals surface area (Å²) >= 11 is 0. The minimum Gasteiger partial charge on any atom is -0.125 e. The quantitative estimate of drug-likeness (QED) is 0.429. The van der Waals surface area contributed by atoms with Crippen molar-refractivity contribution in [2.75, 3.05) is 0 Å². The third kappa shape index (κ3) is 2.77. The lowest BCUT2D eigenvalue weighted by Gasteiger charge is -1.83. The molecule has 1 rings (SSSR count). The Morgan fingerprint density at radius 1 is 0.889 bits per heavy atom. The van der Waals surface area contributed by atoms with Crippen molar-refractivity contribution in [3.8, 4) is 0 Å². The Morgan fingerprint density at radius 3 is 2.00 bits per heavy atom. The fraction of sp³-hybridized carbons (Fsp3) is 0.333. The predicted molar refractivity (Wildman–Crippen MR) is 39.2 cm³/mol. The largest absolute Gasteiger partial charge is 0.125 e. The minimum atomic E-state index is 1.14. The molecule has 0 heterocycles. The minimum absolute atomic E-state index is 1.14. The molecule has 9 heavy (non-hydrogen) atoms. The number of hydrogen-bond acceptors (Lipinski definition) is 0. The van der Waals surface area contributed by atoms with E-state index in [0.717, 1.165) is 12.8 Å². The molecule has 0 fully saturated rings. The zero-order chi connectivity index (χ0) is 6.36. The second kappa shape index (κ2) is 3.97. The lowest BCUT2D eigenvalue weighted by atomic mass is 10.2. The SMILES string of the molecule is C1=CC=C=CCCCC=1. The van der Waals surface area contributed by atoms with Crippen molar-refractivity contribution in [1.29, 1.82) is 0 Å². The van der Waals surface area contributed by atoms with Crippen LogP contribution in [0.5, 0.6) is 0 Å². The zero-order valence-corrected chi connectivity index (χ0v) is 5.43. The molecule has 0 amide bonds. The number of allylic oxidation sites excluding steroid dienone is 2. The van der Waals surface area contributed by atoms with Gasteiger partial charge in [0.1, 0.15) is 0 Å². The van der Waals surface area contributed by atoms with E-state index < -0.39 is 0 Å². The van der Waals surface area contributed by atoms with Crippen LogP contribution in [0.3, 0.4) is 0 Å². The van der Waals surface area contributed by atoms with Crippen LogP contribution >= 0.6 is 0 Å². The summed E-state index contributed by atoms with van der Waals surface area (Å²) in [5.74, 6) is 0. The molecule has 0 saturated carbocycles. The Morgan fingerprint density at radius 2 is 1.44 bits per heavy atom. The molecule has 0 bridgehead atoms. The van der Waals surface area contributed by atoms with Crippen molar-refractivity contribution >= 4 is 0 Å². The molecule has 0 spiro atoms. The van der Waals surface area contributed by atoms with E-state index in [1.807, 2.05) is 12.2 Å². The van der Waals surface area contributed by atoms with Crippen molar-refractivity contribution in [3.63, 3.8) is 0 Å². The monoisotopic (exact) mass is 118 g/mol. The second-order valence-electron chi connectivity index (χ2n) is 2.01. The van der Waals surface area contributed by atoms with E-state index in [4.69, 9.17) is 0 Å². The Balaban J connectivity index is 2.66. The van der Waals surface area contributed by atoms with Crippen LogP contribution < -0.4 is 0 Å². The average Bonchev–Trinajstić information content (AvgIpc) is 2.00. The third-order valence-electron chi connectivity index (χ3n) is 1.21. The van der Waals surface area contributed by atoms with Crippen molar-refractivity contribution in [2.45, 2.75) is 19.3 Å². The highest BCUT2D eigenvalue weighted by molar-refractivity contribution is 5.03. The molecule has 0 aromatic carbocycles. The number of hydrogen-bond donors (Lipinski definition) is 0. The molecule has 1 aliphatic carbocycles. The Labute approximate surface area is 55.9 Å². The summed E-state index contributed by atoms with van der Waals surface area (Å²) in [5.41, 5.74) is 6.08. The van der Waals surface area contributed by atoms with Gasteiger partial charge in [-0.05, 0) is 43.6 Å². The summed E-state index contributed by atoms with van der Waals surface area (Å²) in [6, 6.07) is 0. The van der Waals surface area contributed by atoms with Gasteiger partial charge in [-0.3, -0.25) is 0 Å². The average molecular weight is 118 g/mol. The van der Waals surface area contributed by atoms with Gasteiger partial charge in [0.2, 0.25) is 0 Å². The molecule has 1 aliphatic rings. The Bertz CT molecular complexity index is 162. The van der Waals surface area contributed by atoms with E-state index >= 15 is 0 Å². The predicted octanol–water partition coefficient (Wildman–Crippen LogP) is 2.59. The van der Waals surface area contributed by atoms with Gasteiger partial charge in [0.05, 0.1) is 0 Å². The first kappa shape index (κ1) is 6.16. The highest BCUT2D eigenvalue weighted by Gasteiger charge is 1.78. The zero-order valence-electron chi connectivity index (χ0n) is 5.43. The van der Waals surface area contributed by atoms with Crippen LogP contribution in [0.25, 0.3) is 0 Å². The van der Waals surface area contributed by atoms with Crippen molar-refractivity contribution < 1.29 is 0 Å². The van der Waals surface area contributed by atoms with Gasteiger partial charge in [0, 0.05) is 0 Å². The first-order valence-electron chi connectivity index (χ1n) is 3.30. The maximum Gasteiger partial charge on any atom is -0.0126 e. The van der Waals surface area contributed by atoms with Crippen LogP contribution in [0.1, 0.15) is 19.3 Å². The fourth-order valence-corrected chi connectivity index (χ4v) is 0.721. The molecule has 0 saturated heterocycles. The molecule has 0 unspecified atom stereocenters. The van der Waals surface area contributed by atoms with Gasteiger partial charge in [-0.2, -0.15) is 0 Å². The van der Waals surface area contributed by atoms with Gasteiger partial charge in [-0.15, -0.1) is 11.5 Å². The van der Waals surface area contributed by atoms with Gasteiger partial charge >= 0.3 is 0 Å². The molecule has 0 aliphatic heterocycles. The molecule has 0 aromatic rings. The molecule has 46 valence electrons. The van der Waals surface area contributed by atoms with Crippen LogP contribution in [0.15, 0.2) is 35.8 Å². The summed E-state index contributed by atoms with van der Waals surface area (Å²) in [6.07, 6.45) is 11.4. The molecule has 0 atom stereocenters. The van der Waals surface area contributed by atoms with E-state index in [1.54, 1.807) is 0 Å². The molecule has 0 heteroatoms. The lowest BCUT2D eigenvalue weighted by molar-refractivity contribution is 0.870. The van der Waals surface area contributed by atoms with Crippen LogP contribution in [-0.4, -0.2) is 0 Å². The summed E-state index contributed by atoms with van der Waals surface area (Å²) in [7, 11) is 0. The van der Waals surface area contributed by atoms with E-state index in [2.05, 4.69) is 23.6 Å². The summed E-state index contributed by atoms with van der Waals surface area (Å²) in [6.45, 7) is 0. The summed E-state index contributed by atoms with van der Waals surface area (Å²) in [5, 5.41) is 0. The Hall–Kier alpha value is -0.960. The summed E-state index contributed by atoms with van der Waals surface area (Å²) < 4.78 is 0. The van der Waals surface area contributed by atoms with Gasteiger partial charge in [0.25, 0.3) is 0 Å². The molecule has 0 radical (unpaired) electrons. The van der Waals surface area contributed by atoms with Gasteiger partial charge in [0.15, 0.2) is 0 Å². The van der Waals surface area contributed by atoms with E-state index in [9.17, 15) is 0 Å². The maximum atomic E-state index is 3.04. The van der Waals surface area contributed by atoms with Gasteiger partial charge in [-0.1, -0.05) is 0 Å². The second-order valence-corrected chi connectivity index (χ2v) is 2.01. The van der Waals surface area contributed by atoms with Crippen LogP contribution in [0, 0.1) is 0 Å². The molecule has 0 nitrogen and oxygen atoms in total. The summed E-state index contributed by atoms with van der Waals surface area (Å²) in [4.78, 5) is 0. The molecular formula is C9H10. The normalized spacial score (nSPS) is 16.9. The molecule has 0 N–H and O–H groups in total. The Kier molecular flexibility index (Phi) is 2.72. The number of rotatable bonds is 0. The topological polar surface area (TPSA) is 0 Å².